The second-order valence-corrected chi connectivity index (χ2v) is 6.95. The van der Waals surface area contributed by atoms with Gasteiger partial charge in [-0.2, -0.15) is 8.78 Å². The number of hydrogen-bond donors (Lipinski definition) is 2. The molecule has 6 nitrogen and oxygen atoms in total. The molecule has 0 aromatic heterocycles. The molecular formula is C20H34F2IN5O. The zero-order chi connectivity index (χ0) is 20.5. The summed E-state index contributed by atoms with van der Waals surface area (Å²) in [5.74, 6) is 0.983. The second kappa shape index (κ2) is 13.0. The van der Waals surface area contributed by atoms with Gasteiger partial charge in [-0.25, -0.2) is 0 Å². The number of anilines is 1. The molecule has 0 aliphatic carbocycles. The van der Waals surface area contributed by atoms with Crippen LogP contribution in [-0.4, -0.2) is 69.3 Å². The smallest absolute Gasteiger partial charge is 0.387 e. The lowest BCUT2D eigenvalue weighted by Gasteiger charge is -2.27. The van der Waals surface area contributed by atoms with Crippen LogP contribution >= 0.6 is 24.0 Å². The van der Waals surface area contributed by atoms with Gasteiger partial charge in [-0.05, 0) is 38.6 Å². The highest BCUT2D eigenvalue weighted by atomic mass is 127. The molecule has 1 saturated heterocycles. The number of halogens is 3. The Kier molecular flexibility index (Phi) is 11.6. The van der Waals surface area contributed by atoms with Crippen LogP contribution in [-0.2, 0) is 0 Å². The van der Waals surface area contributed by atoms with Crippen LogP contribution < -0.4 is 20.3 Å². The van der Waals surface area contributed by atoms with Gasteiger partial charge in [-0.3, -0.25) is 9.89 Å². The average molecular weight is 525 g/mol. The summed E-state index contributed by atoms with van der Waals surface area (Å²) < 4.78 is 30.0. The van der Waals surface area contributed by atoms with Crippen molar-refractivity contribution >= 4 is 35.6 Å². The van der Waals surface area contributed by atoms with E-state index >= 15 is 0 Å². The van der Waals surface area contributed by atoms with Crippen molar-refractivity contribution < 1.29 is 13.5 Å². The maximum absolute atomic E-state index is 12.7. The van der Waals surface area contributed by atoms with Gasteiger partial charge >= 0.3 is 6.61 Å². The van der Waals surface area contributed by atoms with Crippen LogP contribution in [0.2, 0.25) is 0 Å². The quantitative estimate of drug-likeness (QED) is 0.294. The molecule has 0 radical (unpaired) electrons. The summed E-state index contributed by atoms with van der Waals surface area (Å²) in [6.45, 7) is 8.02. The molecule has 1 aliphatic heterocycles. The Balaban J connectivity index is 0.00000420. The number of ether oxygens (including phenoxy) is 1. The zero-order valence-electron chi connectivity index (χ0n) is 17.7. The van der Waals surface area contributed by atoms with E-state index in [0.29, 0.717) is 18.3 Å². The van der Waals surface area contributed by atoms with Gasteiger partial charge in [0.05, 0.1) is 5.69 Å². The number of aliphatic imine (C=N–C) groups is 1. The molecule has 1 aromatic rings. The molecule has 1 fully saturated rings. The molecule has 0 spiro atoms. The molecule has 2 unspecified atom stereocenters. The Hall–Kier alpha value is -1.36. The summed E-state index contributed by atoms with van der Waals surface area (Å²) in [5, 5.41) is 6.84. The number of nitrogens with zero attached hydrogens (tertiary/aromatic N) is 3. The number of likely N-dealkylation sites (N-methyl/N-ethyl adjacent to an activating group) is 1. The molecule has 2 atom stereocenters. The number of guanidine groups is 1. The standard InChI is InChI=1S/C20H33F2N5O.HI/c1-5-26(6-2)15(3)13-24-20(23-4)25-16-11-12-27(14-16)17-9-7-8-10-18(17)28-19(21)22;/h7-10,15-16,19H,5-6,11-14H2,1-4H3,(H2,23,24,25);1H. The molecule has 1 aromatic carbocycles. The summed E-state index contributed by atoms with van der Waals surface area (Å²) in [7, 11) is 1.76. The minimum absolute atomic E-state index is 0. The first-order valence-electron chi connectivity index (χ1n) is 9.98. The van der Waals surface area contributed by atoms with Crippen LogP contribution in [0.5, 0.6) is 5.75 Å². The molecule has 9 heteroatoms. The van der Waals surface area contributed by atoms with E-state index < -0.39 is 6.61 Å². The van der Waals surface area contributed by atoms with E-state index in [0.717, 1.165) is 38.6 Å². The van der Waals surface area contributed by atoms with Gasteiger partial charge in [0.15, 0.2) is 5.96 Å². The lowest BCUT2D eigenvalue weighted by Crippen LogP contribution is -2.49. The maximum atomic E-state index is 12.7. The van der Waals surface area contributed by atoms with Gasteiger partial charge in [0, 0.05) is 38.8 Å². The van der Waals surface area contributed by atoms with Crippen molar-refractivity contribution in [1.29, 1.82) is 0 Å². The highest BCUT2D eigenvalue weighted by Crippen LogP contribution is 2.31. The molecular weight excluding hydrogens is 491 g/mol. The summed E-state index contributed by atoms with van der Waals surface area (Å²) in [6.07, 6.45) is 0.898. The number of alkyl halides is 2. The minimum atomic E-state index is -2.83. The fourth-order valence-corrected chi connectivity index (χ4v) is 3.62. The van der Waals surface area contributed by atoms with Gasteiger partial charge < -0.3 is 20.3 Å². The third kappa shape index (κ3) is 7.76. The first-order chi connectivity index (χ1) is 13.5. The Morgan fingerprint density at radius 1 is 1.31 bits per heavy atom. The summed E-state index contributed by atoms with van der Waals surface area (Å²) in [5.41, 5.74) is 0.699. The Morgan fingerprint density at radius 3 is 2.62 bits per heavy atom. The average Bonchev–Trinajstić information content (AvgIpc) is 3.14. The van der Waals surface area contributed by atoms with Crippen molar-refractivity contribution in [3.63, 3.8) is 0 Å². The number of nitrogens with one attached hydrogen (secondary N) is 2. The van der Waals surface area contributed by atoms with Gasteiger partial charge in [-0.1, -0.05) is 26.0 Å². The molecule has 0 amide bonds. The highest BCUT2D eigenvalue weighted by molar-refractivity contribution is 14.0. The van der Waals surface area contributed by atoms with Crippen LogP contribution in [0.3, 0.4) is 0 Å². The van der Waals surface area contributed by atoms with Gasteiger partial charge in [0.1, 0.15) is 5.75 Å². The maximum Gasteiger partial charge on any atom is 0.387 e. The van der Waals surface area contributed by atoms with Crippen molar-refractivity contribution in [2.24, 2.45) is 4.99 Å². The van der Waals surface area contributed by atoms with E-state index in [4.69, 9.17) is 0 Å². The van der Waals surface area contributed by atoms with E-state index in [2.05, 4.69) is 50.9 Å². The van der Waals surface area contributed by atoms with Gasteiger partial charge in [0.25, 0.3) is 0 Å². The predicted octanol–water partition coefficient (Wildman–Crippen LogP) is 3.38. The van der Waals surface area contributed by atoms with E-state index in [1.54, 1.807) is 19.2 Å². The van der Waals surface area contributed by atoms with Crippen LogP contribution in [0.1, 0.15) is 27.2 Å². The monoisotopic (exact) mass is 525 g/mol. The largest absolute Gasteiger partial charge is 0.433 e. The third-order valence-electron chi connectivity index (χ3n) is 5.18. The van der Waals surface area contributed by atoms with Crippen LogP contribution in [0.25, 0.3) is 0 Å². The lowest BCUT2D eigenvalue weighted by molar-refractivity contribution is -0.0495. The SMILES string of the molecule is CCN(CC)C(C)CNC(=NC)NC1CCN(c2ccccc2OC(F)F)C1.I. The molecule has 2 rings (SSSR count). The first-order valence-corrected chi connectivity index (χ1v) is 9.98. The van der Waals surface area contributed by atoms with E-state index in [9.17, 15) is 8.78 Å². The molecule has 166 valence electrons. The van der Waals surface area contributed by atoms with E-state index in [-0.39, 0.29) is 35.8 Å². The first kappa shape index (κ1) is 25.7. The third-order valence-corrected chi connectivity index (χ3v) is 5.18. The van der Waals surface area contributed by atoms with Crippen molar-refractivity contribution in [1.82, 2.24) is 15.5 Å². The topological polar surface area (TPSA) is 52.1 Å². The Labute approximate surface area is 190 Å². The second-order valence-electron chi connectivity index (χ2n) is 6.95. The number of para-hydroxylation sites is 2. The summed E-state index contributed by atoms with van der Waals surface area (Å²) in [6, 6.07) is 7.54. The van der Waals surface area contributed by atoms with Crippen molar-refractivity contribution in [2.75, 3.05) is 44.7 Å². The highest BCUT2D eigenvalue weighted by Gasteiger charge is 2.26. The Bertz CT molecular complexity index is 631. The number of hydrogen-bond acceptors (Lipinski definition) is 4. The van der Waals surface area contributed by atoms with Crippen molar-refractivity contribution in [2.45, 2.75) is 45.9 Å². The normalized spacial score (nSPS) is 18.0. The molecule has 2 N–H and O–H groups in total. The summed E-state index contributed by atoms with van der Waals surface area (Å²) in [4.78, 5) is 8.78. The van der Waals surface area contributed by atoms with E-state index in [1.165, 1.54) is 0 Å². The van der Waals surface area contributed by atoms with Crippen molar-refractivity contribution in [3.8, 4) is 5.75 Å². The van der Waals surface area contributed by atoms with Gasteiger partial charge in [0.2, 0.25) is 0 Å². The van der Waals surface area contributed by atoms with Crippen LogP contribution in [0, 0.1) is 0 Å². The van der Waals surface area contributed by atoms with Crippen LogP contribution in [0.15, 0.2) is 29.3 Å². The molecule has 1 aliphatic rings. The number of rotatable bonds is 9. The molecule has 1 heterocycles. The molecule has 29 heavy (non-hydrogen) atoms. The minimum Gasteiger partial charge on any atom is -0.433 e. The van der Waals surface area contributed by atoms with Crippen LogP contribution in [0.4, 0.5) is 14.5 Å². The fourth-order valence-electron chi connectivity index (χ4n) is 3.62. The lowest BCUT2D eigenvalue weighted by atomic mass is 10.2. The van der Waals surface area contributed by atoms with Gasteiger partial charge in [-0.15, -0.1) is 24.0 Å². The number of benzene rings is 1. The predicted molar refractivity (Wildman–Crippen MR) is 126 cm³/mol. The van der Waals surface area contributed by atoms with E-state index in [1.807, 2.05) is 12.1 Å². The molecule has 0 bridgehead atoms. The Morgan fingerprint density at radius 2 is 2.00 bits per heavy atom. The fraction of sp³-hybridized carbons (Fsp3) is 0.650. The summed E-state index contributed by atoms with van der Waals surface area (Å²) >= 11 is 0. The van der Waals surface area contributed by atoms with Crippen molar-refractivity contribution in [3.05, 3.63) is 24.3 Å². The molecule has 0 saturated carbocycles. The zero-order valence-corrected chi connectivity index (χ0v) is 20.0.